The van der Waals surface area contributed by atoms with E-state index in [1.165, 1.54) is 5.01 Å². The second-order valence-corrected chi connectivity index (χ2v) is 6.73. The first-order chi connectivity index (χ1) is 14.0. The van der Waals surface area contributed by atoms with Crippen molar-refractivity contribution < 1.29 is 24.2 Å². The first kappa shape index (κ1) is 20.4. The van der Waals surface area contributed by atoms with Gasteiger partial charge in [-0.25, -0.2) is 5.01 Å². The first-order valence-corrected chi connectivity index (χ1v) is 9.42. The monoisotopic (exact) mass is 396 g/mol. The Morgan fingerprint density at radius 1 is 1.07 bits per heavy atom. The quantitative estimate of drug-likeness (QED) is 0.736. The van der Waals surface area contributed by atoms with E-state index < -0.39 is 5.97 Å². The number of rotatable bonds is 8. The predicted molar refractivity (Wildman–Crippen MR) is 108 cm³/mol. The SMILES string of the molecule is COc1ccc(C2=NN(C(=O)CCCC(=O)O)[C@@H](c3ccccc3)C2)cc1OC. The van der Waals surface area contributed by atoms with Crippen LogP contribution < -0.4 is 9.47 Å². The zero-order valence-electron chi connectivity index (χ0n) is 16.5. The molecule has 1 heterocycles. The molecule has 0 radical (unpaired) electrons. The molecule has 2 aromatic rings. The minimum atomic E-state index is -0.909. The third kappa shape index (κ3) is 4.74. The van der Waals surface area contributed by atoms with Crippen LogP contribution in [0.15, 0.2) is 53.6 Å². The molecule has 152 valence electrons. The summed E-state index contributed by atoms with van der Waals surface area (Å²) >= 11 is 0. The lowest BCUT2D eigenvalue weighted by atomic mass is 9.98. The first-order valence-electron chi connectivity index (χ1n) is 9.42. The molecule has 0 fully saturated rings. The third-order valence-corrected chi connectivity index (χ3v) is 4.85. The number of amides is 1. The van der Waals surface area contributed by atoms with E-state index >= 15 is 0 Å². The Balaban J connectivity index is 1.88. The lowest BCUT2D eigenvalue weighted by Crippen LogP contribution is -2.26. The smallest absolute Gasteiger partial charge is 0.303 e. The Labute approximate surface area is 169 Å². The van der Waals surface area contributed by atoms with Crippen molar-refractivity contribution in [2.24, 2.45) is 5.10 Å². The topological polar surface area (TPSA) is 88.4 Å². The molecule has 0 spiro atoms. The molecule has 0 bridgehead atoms. The van der Waals surface area contributed by atoms with E-state index in [-0.39, 0.29) is 31.2 Å². The van der Waals surface area contributed by atoms with E-state index in [0.717, 1.165) is 16.8 Å². The van der Waals surface area contributed by atoms with Crippen LogP contribution in [0.3, 0.4) is 0 Å². The number of carbonyl (C=O) groups is 2. The molecule has 0 saturated carbocycles. The fourth-order valence-corrected chi connectivity index (χ4v) is 3.37. The number of benzene rings is 2. The second-order valence-electron chi connectivity index (χ2n) is 6.73. The number of carbonyl (C=O) groups excluding carboxylic acids is 1. The summed E-state index contributed by atoms with van der Waals surface area (Å²) in [7, 11) is 3.15. The summed E-state index contributed by atoms with van der Waals surface area (Å²) in [4.78, 5) is 23.6. The molecule has 3 rings (SSSR count). The standard InChI is InChI=1S/C22H24N2O5/c1-28-19-12-11-16(13-20(19)29-2)17-14-18(15-7-4-3-5-8-15)24(23-17)21(25)9-6-10-22(26)27/h3-5,7-8,11-13,18H,6,9-10,14H2,1-2H3,(H,26,27)/t18-/m1/s1. The van der Waals surface area contributed by atoms with Gasteiger partial charge in [0.1, 0.15) is 0 Å². The van der Waals surface area contributed by atoms with Crippen LogP contribution in [0.5, 0.6) is 11.5 Å². The summed E-state index contributed by atoms with van der Waals surface area (Å²) in [6, 6.07) is 15.0. The molecule has 1 aliphatic heterocycles. The summed E-state index contributed by atoms with van der Waals surface area (Å²) in [5, 5.41) is 14.9. The minimum absolute atomic E-state index is 0.0398. The van der Waals surface area contributed by atoms with Crippen molar-refractivity contribution >= 4 is 17.6 Å². The maximum atomic E-state index is 12.8. The molecular weight excluding hydrogens is 372 g/mol. The van der Waals surface area contributed by atoms with Gasteiger partial charge in [-0.15, -0.1) is 0 Å². The lowest BCUT2D eigenvalue weighted by molar-refractivity contribution is -0.137. The Bertz CT molecular complexity index is 911. The largest absolute Gasteiger partial charge is 0.493 e. The zero-order valence-corrected chi connectivity index (χ0v) is 16.5. The number of methoxy groups -OCH3 is 2. The molecular formula is C22H24N2O5. The van der Waals surface area contributed by atoms with E-state index in [4.69, 9.17) is 14.6 Å². The van der Waals surface area contributed by atoms with Crippen LogP contribution in [0.4, 0.5) is 0 Å². The number of hydrogen-bond donors (Lipinski definition) is 1. The van der Waals surface area contributed by atoms with E-state index in [9.17, 15) is 9.59 Å². The fourth-order valence-electron chi connectivity index (χ4n) is 3.37. The molecule has 0 saturated heterocycles. The third-order valence-electron chi connectivity index (χ3n) is 4.85. The summed E-state index contributed by atoms with van der Waals surface area (Å²) in [5.74, 6) is 0.121. The summed E-state index contributed by atoms with van der Waals surface area (Å²) in [5.41, 5.74) is 2.61. The van der Waals surface area contributed by atoms with Crippen LogP contribution in [0.25, 0.3) is 0 Å². The van der Waals surface area contributed by atoms with Crippen molar-refractivity contribution in [2.75, 3.05) is 14.2 Å². The normalized spacial score (nSPS) is 15.7. The number of hydrogen-bond acceptors (Lipinski definition) is 5. The minimum Gasteiger partial charge on any atom is -0.493 e. The Morgan fingerprint density at radius 2 is 1.79 bits per heavy atom. The zero-order chi connectivity index (χ0) is 20.8. The van der Waals surface area contributed by atoms with Crippen molar-refractivity contribution in [3.8, 4) is 11.5 Å². The van der Waals surface area contributed by atoms with Gasteiger partial charge in [-0.3, -0.25) is 9.59 Å². The molecule has 1 amide bonds. The maximum absolute atomic E-state index is 12.8. The number of carboxylic acids is 1. The Morgan fingerprint density at radius 3 is 2.45 bits per heavy atom. The van der Waals surface area contributed by atoms with Crippen molar-refractivity contribution in [3.63, 3.8) is 0 Å². The molecule has 7 heteroatoms. The lowest BCUT2D eigenvalue weighted by Gasteiger charge is -2.22. The van der Waals surface area contributed by atoms with Crippen LogP contribution in [0, 0.1) is 0 Å². The van der Waals surface area contributed by atoms with Gasteiger partial charge in [-0.2, -0.15) is 5.10 Å². The summed E-state index contributed by atoms with van der Waals surface area (Å²) in [6.07, 6.45) is 0.942. The fraction of sp³-hybridized carbons (Fsp3) is 0.318. The van der Waals surface area contributed by atoms with Gasteiger partial charge in [0.15, 0.2) is 11.5 Å². The molecule has 1 aliphatic rings. The molecule has 0 unspecified atom stereocenters. The molecule has 1 N–H and O–H groups in total. The summed E-state index contributed by atoms with van der Waals surface area (Å²) in [6.45, 7) is 0. The van der Waals surface area contributed by atoms with Gasteiger partial charge in [0.25, 0.3) is 0 Å². The van der Waals surface area contributed by atoms with Gasteiger partial charge in [0, 0.05) is 24.8 Å². The number of hydrazone groups is 1. The van der Waals surface area contributed by atoms with Crippen LogP contribution in [0.1, 0.15) is 42.9 Å². The second kappa shape index (κ2) is 9.23. The van der Waals surface area contributed by atoms with Crippen LogP contribution in [-0.4, -0.2) is 41.9 Å². The summed E-state index contributed by atoms with van der Waals surface area (Å²) < 4.78 is 10.7. The molecule has 29 heavy (non-hydrogen) atoms. The van der Waals surface area contributed by atoms with Gasteiger partial charge < -0.3 is 14.6 Å². The van der Waals surface area contributed by atoms with E-state index in [2.05, 4.69) is 5.10 Å². The Hall–Kier alpha value is -3.35. The molecule has 7 nitrogen and oxygen atoms in total. The van der Waals surface area contributed by atoms with E-state index in [0.29, 0.717) is 17.9 Å². The van der Waals surface area contributed by atoms with Crippen molar-refractivity contribution in [1.82, 2.24) is 5.01 Å². The molecule has 0 aromatic heterocycles. The van der Waals surface area contributed by atoms with Crippen LogP contribution in [0.2, 0.25) is 0 Å². The van der Waals surface area contributed by atoms with Crippen molar-refractivity contribution in [2.45, 2.75) is 31.7 Å². The number of ether oxygens (including phenoxy) is 2. The average Bonchev–Trinajstić information content (AvgIpc) is 3.19. The Kier molecular flexibility index (Phi) is 6.49. The number of aliphatic carboxylic acids is 1. The molecule has 2 aromatic carbocycles. The highest BCUT2D eigenvalue weighted by Crippen LogP contribution is 2.35. The maximum Gasteiger partial charge on any atom is 0.303 e. The molecule has 1 atom stereocenters. The highest BCUT2D eigenvalue weighted by molar-refractivity contribution is 6.03. The number of carboxylic acid groups (broad SMARTS) is 1. The number of nitrogens with zero attached hydrogens (tertiary/aromatic N) is 2. The van der Waals surface area contributed by atoms with Gasteiger partial charge in [0.2, 0.25) is 5.91 Å². The van der Waals surface area contributed by atoms with Gasteiger partial charge in [-0.05, 0) is 30.2 Å². The predicted octanol–water partition coefficient (Wildman–Crippen LogP) is 3.64. The van der Waals surface area contributed by atoms with E-state index in [1.807, 2.05) is 48.5 Å². The molecule has 0 aliphatic carbocycles. The average molecular weight is 396 g/mol. The highest BCUT2D eigenvalue weighted by Gasteiger charge is 2.33. The van der Waals surface area contributed by atoms with Gasteiger partial charge >= 0.3 is 5.97 Å². The van der Waals surface area contributed by atoms with Gasteiger partial charge in [0.05, 0.1) is 26.0 Å². The van der Waals surface area contributed by atoms with E-state index in [1.54, 1.807) is 14.2 Å². The van der Waals surface area contributed by atoms with Crippen molar-refractivity contribution in [1.29, 1.82) is 0 Å². The van der Waals surface area contributed by atoms with Crippen LogP contribution >= 0.6 is 0 Å². The highest BCUT2D eigenvalue weighted by atomic mass is 16.5. The van der Waals surface area contributed by atoms with Crippen molar-refractivity contribution in [3.05, 3.63) is 59.7 Å². The van der Waals surface area contributed by atoms with Crippen LogP contribution in [-0.2, 0) is 9.59 Å². The van der Waals surface area contributed by atoms with Gasteiger partial charge in [-0.1, -0.05) is 30.3 Å².